The molecule has 1 aliphatic rings. The van der Waals surface area contributed by atoms with Crippen LogP contribution < -0.4 is 11.1 Å². The Labute approximate surface area is 70.2 Å². The third-order valence-corrected chi connectivity index (χ3v) is 1.33. The summed E-state index contributed by atoms with van der Waals surface area (Å²) >= 11 is 0. The first-order valence-electron chi connectivity index (χ1n) is 3.37. The quantitative estimate of drug-likeness (QED) is 0.415. The van der Waals surface area contributed by atoms with Crippen molar-refractivity contribution in [3.05, 3.63) is 24.2 Å². The fraction of sp³-hybridized carbons (Fsp3) is 0.143. The summed E-state index contributed by atoms with van der Waals surface area (Å²) in [6.45, 7) is 5.37. The van der Waals surface area contributed by atoms with E-state index in [4.69, 9.17) is 5.73 Å². The van der Waals surface area contributed by atoms with Gasteiger partial charge in [0.1, 0.15) is 12.2 Å². The fourth-order valence-electron chi connectivity index (χ4n) is 0.889. The van der Waals surface area contributed by atoms with E-state index >= 15 is 0 Å². The number of rotatable bonds is 1. The molecule has 0 bridgehead atoms. The van der Waals surface area contributed by atoms with Gasteiger partial charge in [-0.25, -0.2) is 0 Å². The molecule has 0 radical (unpaired) electrons. The summed E-state index contributed by atoms with van der Waals surface area (Å²) in [5.41, 5.74) is 5.79. The standard InChI is InChI=1S/C7H10N4O/c1-5-3-7(12)11(9-4-8)6(2)10-5/h3-4,10H,2H2,1H3,(H2,8,9). The van der Waals surface area contributed by atoms with Gasteiger partial charge in [-0.2, -0.15) is 10.1 Å². The van der Waals surface area contributed by atoms with Crippen LogP contribution in [-0.4, -0.2) is 17.3 Å². The smallest absolute Gasteiger partial charge is 0.274 e. The molecule has 0 aromatic heterocycles. The van der Waals surface area contributed by atoms with E-state index < -0.39 is 0 Å². The molecule has 0 unspecified atom stereocenters. The molecule has 0 saturated carbocycles. The maximum absolute atomic E-state index is 11.2. The van der Waals surface area contributed by atoms with Crippen molar-refractivity contribution >= 4 is 12.2 Å². The number of carbonyl (C=O) groups excluding carboxylic acids is 1. The Morgan fingerprint density at radius 2 is 2.50 bits per heavy atom. The minimum Gasteiger partial charge on any atom is -0.388 e. The van der Waals surface area contributed by atoms with Crippen molar-refractivity contribution in [2.75, 3.05) is 0 Å². The molecular weight excluding hydrogens is 156 g/mol. The number of hydrogen-bond acceptors (Lipinski definition) is 3. The van der Waals surface area contributed by atoms with Crippen molar-refractivity contribution in [3.63, 3.8) is 0 Å². The van der Waals surface area contributed by atoms with Crippen molar-refractivity contribution in [1.82, 2.24) is 10.3 Å². The van der Waals surface area contributed by atoms with E-state index in [2.05, 4.69) is 17.0 Å². The van der Waals surface area contributed by atoms with E-state index in [1.54, 1.807) is 6.92 Å². The van der Waals surface area contributed by atoms with Crippen LogP contribution in [0.4, 0.5) is 0 Å². The topological polar surface area (TPSA) is 70.7 Å². The number of allylic oxidation sites excluding steroid dienone is 1. The molecule has 1 rings (SSSR count). The summed E-state index contributed by atoms with van der Waals surface area (Å²) in [6.07, 6.45) is 2.46. The molecule has 0 spiro atoms. The van der Waals surface area contributed by atoms with Crippen LogP contribution in [0.5, 0.6) is 0 Å². The molecule has 1 heterocycles. The van der Waals surface area contributed by atoms with Crippen LogP contribution in [-0.2, 0) is 4.79 Å². The Morgan fingerprint density at radius 3 is 3.00 bits per heavy atom. The summed E-state index contributed by atoms with van der Waals surface area (Å²) < 4.78 is 0. The summed E-state index contributed by atoms with van der Waals surface area (Å²) in [4.78, 5) is 11.2. The molecular formula is C7H10N4O. The average molecular weight is 166 g/mol. The van der Waals surface area contributed by atoms with Crippen LogP contribution in [0.2, 0.25) is 0 Å². The first-order chi connectivity index (χ1) is 5.65. The van der Waals surface area contributed by atoms with E-state index in [1.807, 2.05) is 0 Å². The van der Waals surface area contributed by atoms with E-state index in [9.17, 15) is 4.79 Å². The molecule has 0 fully saturated rings. The van der Waals surface area contributed by atoms with Crippen LogP contribution >= 0.6 is 0 Å². The second-order valence-corrected chi connectivity index (χ2v) is 2.31. The third-order valence-electron chi connectivity index (χ3n) is 1.33. The van der Waals surface area contributed by atoms with Crippen LogP contribution in [0.15, 0.2) is 29.3 Å². The summed E-state index contributed by atoms with van der Waals surface area (Å²) in [5, 5.41) is 7.55. The lowest BCUT2D eigenvalue weighted by molar-refractivity contribution is -0.125. The van der Waals surface area contributed by atoms with Crippen LogP contribution in [0, 0.1) is 0 Å². The Morgan fingerprint density at radius 1 is 1.83 bits per heavy atom. The molecule has 5 heteroatoms. The molecule has 12 heavy (non-hydrogen) atoms. The van der Waals surface area contributed by atoms with Gasteiger partial charge in [-0.05, 0) is 6.92 Å². The molecule has 0 saturated heterocycles. The summed E-state index contributed by atoms with van der Waals surface area (Å²) in [7, 11) is 0. The van der Waals surface area contributed by atoms with Gasteiger partial charge in [0.2, 0.25) is 0 Å². The number of nitrogens with zero attached hydrogens (tertiary/aromatic N) is 2. The van der Waals surface area contributed by atoms with Gasteiger partial charge in [0.15, 0.2) is 0 Å². The Bertz CT molecular complexity index is 279. The van der Waals surface area contributed by atoms with Crippen molar-refractivity contribution < 1.29 is 4.79 Å². The van der Waals surface area contributed by atoms with E-state index in [1.165, 1.54) is 6.08 Å². The van der Waals surface area contributed by atoms with Gasteiger partial charge in [0.25, 0.3) is 5.91 Å². The number of amides is 1. The Hall–Kier alpha value is -1.78. The molecule has 64 valence electrons. The number of nitrogens with one attached hydrogen (secondary N) is 1. The molecule has 5 nitrogen and oxygen atoms in total. The maximum Gasteiger partial charge on any atom is 0.274 e. The highest BCUT2D eigenvalue weighted by Gasteiger charge is 2.18. The monoisotopic (exact) mass is 166 g/mol. The number of carbonyl (C=O) groups is 1. The van der Waals surface area contributed by atoms with Crippen molar-refractivity contribution in [3.8, 4) is 0 Å². The number of hydrogen-bond donors (Lipinski definition) is 2. The molecule has 0 aromatic rings. The fourth-order valence-corrected chi connectivity index (χ4v) is 0.889. The van der Waals surface area contributed by atoms with Crippen LogP contribution in [0.3, 0.4) is 0 Å². The SMILES string of the molecule is C=C1NC(C)=CC(=O)N1/N=C\N. The Kier molecular flexibility index (Phi) is 2.14. The van der Waals surface area contributed by atoms with Crippen molar-refractivity contribution in [2.45, 2.75) is 6.92 Å². The van der Waals surface area contributed by atoms with Gasteiger partial charge < -0.3 is 11.1 Å². The van der Waals surface area contributed by atoms with Crippen LogP contribution in [0.1, 0.15) is 6.92 Å². The second-order valence-electron chi connectivity index (χ2n) is 2.31. The van der Waals surface area contributed by atoms with Gasteiger partial charge >= 0.3 is 0 Å². The highest BCUT2D eigenvalue weighted by atomic mass is 16.2. The third kappa shape index (κ3) is 1.45. The molecule has 0 atom stereocenters. The van der Waals surface area contributed by atoms with Crippen LogP contribution in [0.25, 0.3) is 0 Å². The minimum atomic E-state index is -0.252. The Balaban J connectivity index is 2.90. The van der Waals surface area contributed by atoms with Gasteiger partial charge in [-0.1, -0.05) is 6.58 Å². The molecule has 0 aliphatic carbocycles. The minimum absolute atomic E-state index is 0.252. The van der Waals surface area contributed by atoms with E-state index in [0.29, 0.717) is 5.82 Å². The van der Waals surface area contributed by atoms with Gasteiger partial charge in [0, 0.05) is 11.8 Å². The molecule has 0 aromatic carbocycles. The predicted octanol–water partition coefficient (Wildman–Crippen LogP) is -0.305. The number of nitrogens with two attached hydrogens (primary N) is 1. The first kappa shape index (κ1) is 8.32. The largest absolute Gasteiger partial charge is 0.388 e. The molecule has 3 N–H and O–H groups in total. The highest BCUT2D eigenvalue weighted by molar-refractivity contribution is 5.90. The van der Waals surface area contributed by atoms with E-state index in [0.717, 1.165) is 17.0 Å². The molecule has 1 amide bonds. The predicted molar refractivity (Wildman–Crippen MR) is 45.6 cm³/mol. The second kappa shape index (κ2) is 3.08. The zero-order valence-electron chi connectivity index (χ0n) is 6.74. The zero-order valence-corrected chi connectivity index (χ0v) is 6.74. The zero-order chi connectivity index (χ0) is 9.14. The van der Waals surface area contributed by atoms with Gasteiger partial charge in [-0.15, -0.1) is 0 Å². The highest BCUT2D eigenvalue weighted by Crippen LogP contribution is 2.09. The maximum atomic E-state index is 11.2. The number of hydrazone groups is 1. The summed E-state index contributed by atoms with van der Waals surface area (Å²) in [6, 6.07) is 0. The molecule has 1 aliphatic heterocycles. The van der Waals surface area contributed by atoms with E-state index in [-0.39, 0.29) is 5.91 Å². The summed E-state index contributed by atoms with van der Waals surface area (Å²) in [5.74, 6) is 0.152. The lowest BCUT2D eigenvalue weighted by atomic mass is 10.3. The lowest BCUT2D eigenvalue weighted by Crippen LogP contribution is -2.35. The van der Waals surface area contributed by atoms with Crippen molar-refractivity contribution in [2.24, 2.45) is 10.8 Å². The normalized spacial score (nSPS) is 18.1. The van der Waals surface area contributed by atoms with Crippen molar-refractivity contribution in [1.29, 1.82) is 0 Å². The van der Waals surface area contributed by atoms with Gasteiger partial charge in [-0.3, -0.25) is 4.79 Å². The van der Waals surface area contributed by atoms with Gasteiger partial charge in [0.05, 0.1) is 0 Å². The lowest BCUT2D eigenvalue weighted by Gasteiger charge is -2.23. The average Bonchev–Trinajstić information content (AvgIpc) is 1.96. The first-order valence-corrected chi connectivity index (χ1v) is 3.37.